The molecule has 0 radical (unpaired) electrons. The van der Waals surface area contributed by atoms with Crippen molar-refractivity contribution in [2.45, 2.75) is 20.3 Å². The molecule has 0 atom stereocenters. The first kappa shape index (κ1) is 14.3. The molecule has 0 unspecified atom stereocenters. The summed E-state index contributed by atoms with van der Waals surface area (Å²) in [5.74, 6) is 0. The first-order valence-corrected chi connectivity index (χ1v) is 5.30. The van der Waals surface area contributed by atoms with Crippen molar-refractivity contribution in [3.8, 4) is 0 Å². The summed E-state index contributed by atoms with van der Waals surface area (Å²) >= 11 is 0. The van der Waals surface area contributed by atoms with Crippen LogP contribution in [0.25, 0.3) is 0 Å². The van der Waals surface area contributed by atoms with Crippen molar-refractivity contribution >= 4 is 18.4 Å². The molecule has 1 amide bonds. The molecule has 1 aromatic carbocycles. The molecule has 4 nitrogen and oxygen atoms in total. The Morgan fingerprint density at radius 1 is 1.31 bits per heavy atom. The molecule has 0 aromatic heterocycles. The number of nitrogens with two attached hydrogens (primary N) is 1. The summed E-state index contributed by atoms with van der Waals surface area (Å²) in [6, 6.07) is 5.26. The highest BCUT2D eigenvalue weighted by Gasteiger charge is 2.01. The third-order valence-electron chi connectivity index (χ3n) is 1.89. The van der Waals surface area contributed by atoms with E-state index in [9.17, 15) is 9.59 Å². The molecule has 0 saturated carbocycles. The molecule has 0 saturated heterocycles. The topological polar surface area (TPSA) is 72.2 Å². The van der Waals surface area contributed by atoms with E-state index in [1.807, 2.05) is 19.9 Å². The van der Waals surface area contributed by atoms with E-state index in [0.717, 1.165) is 12.0 Å². The van der Waals surface area contributed by atoms with Crippen molar-refractivity contribution in [3.63, 3.8) is 0 Å². The number of hydrogen-bond acceptors (Lipinski definition) is 3. The summed E-state index contributed by atoms with van der Waals surface area (Å²) in [6.45, 7) is 4.54. The van der Waals surface area contributed by atoms with Crippen LogP contribution in [0, 0.1) is 0 Å². The lowest BCUT2D eigenvalue weighted by atomic mass is 10.1. The van der Waals surface area contributed by atoms with Gasteiger partial charge in [-0.3, -0.25) is 9.59 Å². The van der Waals surface area contributed by atoms with Gasteiger partial charge in [0.05, 0.1) is 5.69 Å². The van der Waals surface area contributed by atoms with Crippen LogP contribution in [0.15, 0.2) is 18.2 Å². The predicted octanol–water partition coefficient (Wildman–Crippen LogP) is 1.59. The van der Waals surface area contributed by atoms with Crippen molar-refractivity contribution in [3.05, 3.63) is 29.3 Å². The molecular weight excluding hydrogens is 204 g/mol. The van der Waals surface area contributed by atoms with Gasteiger partial charge in [-0.05, 0) is 30.7 Å². The van der Waals surface area contributed by atoms with Crippen LogP contribution in [-0.4, -0.2) is 19.2 Å². The molecule has 16 heavy (non-hydrogen) atoms. The van der Waals surface area contributed by atoms with Crippen molar-refractivity contribution in [2.24, 2.45) is 5.73 Å². The van der Waals surface area contributed by atoms with Gasteiger partial charge < -0.3 is 11.1 Å². The van der Waals surface area contributed by atoms with Crippen molar-refractivity contribution in [2.75, 3.05) is 11.9 Å². The normalized spacial score (nSPS) is 8.69. The van der Waals surface area contributed by atoms with Gasteiger partial charge in [-0.1, -0.05) is 19.9 Å². The molecule has 0 aliphatic carbocycles. The molecule has 0 spiro atoms. The fraction of sp³-hybridized carbons (Fsp3) is 0.333. The monoisotopic (exact) mass is 222 g/mol. The smallest absolute Gasteiger partial charge is 0.211 e. The van der Waals surface area contributed by atoms with E-state index in [0.29, 0.717) is 30.5 Å². The third kappa shape index (κ3) is 4.23. The van der Waals surface area contributed by atoms with Gasteiger partial charge in [-0.2, -0.15) is 0 Å². The number of carbonyl (C=O) groups is 2. The minimum atomic E-state index is 0.475. The van der Waals surface area contributed by atoms with Gasteiger partial charge in [0.25, 0.3) is 0 Å². The minimum absolute atomic E-state index is 0.475. The van der Waals surface area contributed by atoms with E-state index < -0.39 is 0 Å². The molecule has 88 valence electrons. The van der Waals surface area contributed by atoms with E-state index in [1.165, 1.54) is 0 Å². The van der Waals surface area contributed by atoms with Crippen molar-refractivity contribution in [1.29, 1.82) is 0 Å². The van der Waals surface area contributed by atoms with Gasteiger partial charge in [-0.25, -0.2) is 0 Å². The van der Waals surface area contributed by atoms with Crippen LogP contribution in [0.2, 0.25) is 0 Å². The third-order valence-corrected chi connectivity index (χ3v) is 1.89. The van der Waals surface area contributed by atoms with Gasteiger partial charge in [0.1, 0.15) is 0 Å². The maximum Gasteiger partial charge on any atom is 0.211 e. The molecular formula is C12H18N2O2. The number of rotatable bonds is 5. The number of aldehydes is 1. The molecule has 0 aliphatic rings. The first-order chi connectivity index (χ1) is 7.81. The zero-order valence-electron chi connectivity index (χ0n) is 9.69. The maximum absolute atomic E-state index is 10.7. The lowest BCUT2D eigenvalue weighted by Gasteiger charge is -2.05. The summed E-state index contributed by atoms with van der Waals surface area (Å²) in [4.78, 5) is 20.9. The fourth-order valence-electron chi connectivity index (χ4n) is 1.23. The predicted molar refractivity (Wildman–Crippen MR) is 65.6 cm³/mol. The number of benzene rings is 1. The maximum atomic E-state index is 10.7. The van der Waals surface area contributed by atoms with Crippen LogP contribution in [0.4, 0.5) is 5.69 Å². The average Bonchev–Trinajstić information content (AvgIpc) is 2.34. The highest BCUT2D eigenvalue weighted by atomic mass is 16.1. The molecule has 3 N–H and O–H groups in total. The van der Waals surface area contributed by atoms with Crippen LogP contribution < -0.4 is 11.1 Å². The number of hydrogen-bond donors (Lipinski definition) is 2. The van der Waals surface area contributed by atoms with E-state index >= 15 is 0 Å². The second kappa shape index (κ2) is 8.61. The zero-order valence-corrected chi connectivity index (χ0v) is 9.69. The lowest BCUT2D eigenvalue weighted by molar-refractivity contribution is -0.105. The SMILES string of the molecule is CC.NCCc1ccc(NC=O)c(C=O)c1. The quantitative estimate of drug-likeness (QED) is 0.743. The van der Waals surface area contributed by atoms with Crippen LogP contribution in [0.3, 0.4) is 0 Å². The summed E-state index contributed by atoms with van der Waals surface area (Å²) in [5, 5.41) is 2.45. The largest absolute Gasteiger partial charge is 0.330 e. The molecule has 1 aromatic rings. The lowest BCUT2D eigenvalue weighted by Crippen LogP contribution is -2.04. The Labute approximate surface area is 95.8 Å². The van der Waals surface area contributed by atoms with Gasteiger partial charge in [-0.15, -0.1) is 0 Å². The standard InChI is InChI=1S/C10H12N2O2.C2H6/c11-4-3-8-1-2-10(12-7-14)9(5-8)6-13;1-2/h1-2,5-7H,3-4,11H2,(H,12,14);1-2H3. The summed E-state index contributed by atoms with van der Waals surface area (Å²) in [6.07, 6.45) is 1.99. The molecule has 0 bridgehead atoms. The van der Waals surface area contributed by atoms with Crippen molar-refractivity contribution < 1.29 is 9.59 Å². The van der Waals surface area contributed by atoms with Gasteiger partial charge in [0.2, 0.25) is 6.41 Å². The Morgan fingerprint density at radius 2 is 2.00 bits per heavy atom. The highest BCUT2D eigenvalue weighted by molar-refractivity contribution is 5.88. The second-order valence-electron chi connectivity index (χ2n) is 2.84. The van der Waals surface area contributed by atoms with E-state index in [4.69, 9.17) is 5.73 Å². The number of anilines is 1. The molecule has 0 heterocycles. The van der Waals surface area contributed by atoms with Gasteiger partial charge in [0, 0.05) is 5.56 Å². The second-order valence-corrected chi connectivity index (χ2v) is 2.84. The van der Waals surface area contributed by atoms with Gasteiger partial charge >= 0.3 is 0 Å². The average molecular weight is 222 g/mol. The highest BCUT2D eigenvalue weighted by Crippen LogP contribution is 2.15. The molecule has 0 fully saturated rings. The molecule has 4 heteroatoms. The Morgan fingerprint density at radius 3 is 2.50 bits per heavy atom. The van der Waals surface area contributed by atoms with Gasteiger partial charge in [0.15, 0.2) is 6.29 Å². The summed E-state index contributed by atoms with van der Waals surface area (Å²) in [5.41, 5.74) is 7.38. The van der Waals surface area contributed by atoms with Crippen LogP contribution in [0.5, 0.6) is 0 Å². The van der Waals surface area contributed by atoms with Crippen LogP contribution >= 0.6 is 0 Å². The van der Waals surface area contributed by atoms with Crippen molar-refractivity contribution in [1.82, 2.24) is 0 Å². The Kier molecular flexibility index (Phi) is 7.71. The first-order valence-electron chi connectivity index (χ1n) is 5.30. The fourth-order valence-corrected chi connectivity index (χ4v) is 1.23. The Hall–Kier alpha value is -1.68. The summed E-state index contributed by atoms with van der Waals surface area (Å²) < 4.78 is 0. The molecule has 0 aliphatic heterocycles. The van der Waals surface area contributed by atoms with Crippen LogP contribution in [-0.2, 0) is 11.2 Å². The number of amides is 1. The number of nitrogens with one attached hydrogen (secondary N) is 1. The summed E-state index contributed by atoms with van der Waals surface area (Å²) in [7, 11) is 0. The molecule has 1 rings (SSSR count). The van der Waals surface area contributed by atoms with E-state index in [2.05, 4.69) is 5.32 Å². The Balaban J connectivity index is 0.00000106. The van der Waals surface area contributed by atoms with E-state index in [-0.39, 0.29) is 0 Å². The van der Waals surface area contributed by atoms with E-state index in [1.54, 1.807) is 12.1 Å². The van der Waals surface area contributed by atoms with Crippen LogP contribution in [0.1, 0.15) is 29.8 Å². The minimum Gasteiger partial charge on any atom is -0.330 e. The number of carbonyl (C=O) groups excluding carboxylic acids is 2. The zero-order chi connectivity index (χ0) is 12.4. The Bertz CT molecular complexity index is 338.